The fraction of sp³-hybridized carbons (Fsp3) is 0.176. The van der Waals surface area contributed by atoms with Crippen LogP contribution in [0.25, 0.3) is 5.95 Å². The average molecular weight is 339 g/mol. The number of esters is 1. The van der Waals surface area contributed by atoms with E-state index in [-0.39, 0.29) is 17.9 Å². The number of rotatable bonds is 5. The van der Waals surface area contributed by atoms with Crippen molar-refractivity contribution in [3.63, 3.8) is 0 Å². The fourth-order valence-electron chi connectivity index (χ4n) is 2.14. The first kappa shape index (κ1) is 16.4. The maximum atomic E-state index is 12.2. The maximum absolute atomic E-state index is 12.2. The number of aromatic nitrogens is 4. The van der Waals surface area contributed by atoms with E-state index in [1.807, 2.05) is 6.92 Å². The van der Waals surface area contributed by atoms with Crippen LogP contribution in [0.5, 0.6) is 5.75 Å². The lowest BCUT2D eigenvalue weighted by molar-refractivity contribution is 0.0526. The van der Waals surface area contributed by atoms with Crippen LogP contribution in [0.4, 0.5) is 11.5 Å². The molecule has 0 saturated heterocycles. The molecule has 128 valence electrons. The van der Waals surface area contributed by atoms with Gasteiger partial charge in [-0.1, -0.05) is 0 Å². The lowest BCUT2D eigenvalue weighted by atomic mass is 10.2. The summed E-state index contributed by atoms with van der Waals surface area (Å²) in [6, 6.07) is 6.41. The molecule has 2 heterocycles. The number of aromatic hydroxyl groups is 1. The Morgan fingerprint density at radius 3 is 2.68 bits per heavy atom. The van der Waals surface area contributed by atoms with Crippen LogP contribution in [-0.4, -0.2) is 37.4 Å². The van der Waals surface area contributed by atoms with Crippen LogP contribution in [0.3, 0.4) is 0 Å². The minimum atomic E-state index is -0.521. The quantitative estimate of drug-likeness (QED) is 0.544. The Labute approximate surface area is 144 Å². The summed E-state index contributed by atoms with van der Waals surface area (Å²) in [6.45, 7) is 3.89. The number of nitrogens with one attached hydrogen (secondary N) is 1. The van der Waals surface area contributed by atoms with Gasteiger partial charge < -0.3 is 15.2 Å². The largest absolute Gasteiger partial charge is 0.508 e. The SMILES string of the molecule is CCOC(=O)c1cnc(-n2cc(C)cn2)nc1Nc1ccc(O)cc1. The van der Waals surface area contributed by atoms with Gasteiger partial charge in [0.05, 0.1) is 12.8 Å². The van der Waals surface area contributed by atoms with E-state index < -0.39 is 5.97 Å². The maximum Gasteiger partial charge on any atom is 0.343 e. The summed E-state index contributed by atoms with van der Waals surface area (Å²) in [7, 11) is 0. The van der Waals surface area contributed by atoms with Crippen LogP contribution < -0.4 is 5.32 Å². The van der Waals surface area contributed by atoms with E-state index in [2.05, 4.69) is 20.4 Å². The van der Waals surface area contributed by atoms with Gasteiger partial charge >= 0.3 is 5.97 Å². The molecule has 0 bridgehead atoms. The van der Waals surface area contributed by atoms with Crippen molar-refractivity contribution in [2.75, 3.05) is 11.9 Å². The Bertz CT molecular complexity index is 890. The van der Waals surface area contributed by atoms with Crippen molar-refractivity contribution in [2.24, 2.45) is 0 Å². The predicted octanol–water partition coefficient (Wildman–Crippen LogP) is 2.60. The molecule has 0 amide bonds. The van der Waals surface area contributed by atoms with Gasteiger partial charge in [0.25, 0.3) is 5.95 Å². The number of aryl methyl sites for hydroxylation is 1. The Hall–Kier alpha value is -3.42. The molecule has 0 spiro atoms. The zero-order valence-electron chi connectivity index (χ0n) is 13.8. The Balaban J connectivity index is 2.00. The molecule has 25 heavy (non-hydrogen) atoms. The summed E-state index contributed by atoms with van der Waals surface area (Å²) in [4.78, 5) is 20.7. The van der Waals surface area contributed by atoms with Gasteiger partial charge in [0.1, 0.15) is 11.3 Å². The molecule has 0 fully saturated rings. The highest BCUT2D eigenvalue weighted by molar-refractivity contribution is 5.95. The van der Waals surface area contributed by atoms with Gasteiger partial charge in [-0.2, -0.15) is 10.1 Å². The number of nitrogens with zero attached hydrogens (tertiary/aromatic N) is 4. The number of hydrogen-bond donors (Lipinski definition) is 2. The molecule has 3 rings (SSSR count). The van der Waals surface area contributed by atoms with E-state index in [9.17, 15) is 9.90 Å². The summed E-state index contributed by atoms with van der Waals surface area (Å²) in [5.41, 5.74) is 1.83. The van der Waals surface area contributed by atoms with Crippen LogP contribution >= 0.6 is 0 Å². The third-order valence-corrected chi connectivity index (χ3v) is 3.32. The molecule has 0 unspecified atom stereocenters. The van der Waals surface area contributed by atoms with Gasteiger partial charge in [0.15, 0.2) is 5.82 Å². The van der Waals surface area contributed by atoms with E-state index in [0.29, 0.717) is 17.5 Å². The van der Waals surface area contributed by atoms with Crippen LogP contribution in [0.1, 0.15) is 22.8 Å². The van der Waals surface area contributed by atoms with Gasteiger partial charge in [-0.05, 0) is 43.7 Å². The third-order valence-electron chi connectivity index (χ3n) is 3.32. The highest BCUT2D eigenvalue weighted by Crippen LogP contribution is 2.22. The molecule has 2 aromatic heterocycles. The number of ether oxygens (including phenoxy) is 1. The second-order valence-electron chi connectivity index (χ2n) is 5.29. The van der Waals surface area contributed by atoms with E-state index in [4.69, 9.17) is 4.74 Å². The van der Waals surface area contributed by atoms with Crippen LogP contribution in [0.15, 0.2) is 42.9 Å². The molecule has 0 radical (unpaired) electrons. The van der Waals surface area contributed by atoms with Crippen molar-refractivity contribution in [3.05, 3.63) is 54.0 Å². The second kappa shape index (κ2) is 7.00. The van der Waals surface area contributed by atoms with Crippen molar-refractivity contribution in [2.45, 2.75) is 13.8 Å². The van der Waals surface area contributed by atoms with E-state index in [1.165, 1.54) is 23.0 Å². The third kappa shape index (κ3) is 3.74. The number of anilines is 2. The molecule has 0 aliphatic heterocycles. The van der Waals surface area contributed by atoms with Gasteiger partial charge in [0, 0.05) is 18.1 Å². The summed E-state index contributed by atoms with van der Waals surface area (Å²) in [5, 5.41) is 16.6. The number of carbonyl (C=O) groups excluding carboxylic acids is 1. The minimum Gasteiger partial charge on any atom is -0.508 e. The van der Waals surface area contributed by atoms with Crippen molar-refractivity contribution < 1.29 is 14.6 Å². The van der Waals surface area contributed by atoms with Crippen LogP contribution in [0.2, 0.25) is 0 Å². The molecule has 0 aliphatic carbocycles. The molecule has 8 heteroatoms. The van der Waals surface area contributed by atoms with Crippen molar-refractivity contribution in [3.8, 4) is 11.7 Å². The first-order chi connectivity index (χ1) is 12.1. The average Bonchev–Trinajstić information content (AvgIpc) is 3.03. The molecule has 2 N–H and O–H groups in total. The summed E-state index contributed by atoms with van der Waals surface area (Å²) in [6.07, 6.45) is 4.87. The van der Waals surface area contributed by atoms with E-state index in [1.54, 1.807) is 31.5 Å². The molecule has 0 atom stereocenters. The van der Waals surface area contributed by atoms with Crippen LogP contribution in [0, 0.1) is 6.92 Å². The first-order valence-corrected chi connectivity index (χ1v) is 7.68. The lowest BCUT2D eigenvalue weighted by Gasteiger charge is -2.11. The summed E-state index contributed by atoms with van der Waals surface area (Å²) < 4.78 is 6.57. The highest BCUT2D eigenvalue weighted by atomic mass is 16.5. The normalized spacial score (nSPS) is 10.5. The van der Waals surface area contributed by atoms with Gasteiger partial charge in [-0.15, -0.1) is 0 Å². The van der Waals surface area contributed by atoms with Crippen molar-refractivity contribution in [1.82, 2.24) is 19.7 Å². The molecule has 1 aromatic carbocycles. The molecular weight excluding hydrogens is 322 g/mol. The topological polar surface area (TPSA) is 102 Å². The zero-order valence-corrected chi connectivity index (χ0v) is 13.8. The standard InChI is InChI=1S/C17H17N5O3/c1-3-25-16(24)14-9-18-17(22-10-11(2)8-19-22)21-15(14)20-12-4-6-13(23)7-5-12/h4-10,23H,3H2,1-2H3,(H,18,20,21). The first-order valence-electron chi connectivity index (χ1n) is 7.68. The van der Waals surface area contributed by atoms with Gasteiger partial charge in [0.2, 0.25) is 0 Å². The van der Waals surface area contributed by atoms with Crippen LogP contribution in [-0.2, 0) is 4.74 Å². The summed E-state index contributed by atoms with van der Waals surface area (Å²) in [5.74, 6) is 0.239. The number of carbonyl (C=O) groups is 1. The molecule has 8 nitrogen and oxygen atoms in total. The second-order valence-corrected chi connectivity index (χ2v) is 5.29. The van der Waals surface area contributed by atoms with E-state index >= 15 is 0 Å². The Kier molecular flexibility index (Phi) is 4.60. The fourth-order valence-corrected chi connectivity index (χ4v) is 2.14. The number of benzene rings is 1. The Morgan fingerprint density at radius 2 is 2.04 bits per heavy atom. The molecule has 0 aliphatic rings. The van der Waals surface area contributed by atoms with Gasteiger partial charge in [-0.3, -0.25) is 0 Å². The smallest absolute Gasteiger partial charge is 0.343 e. The highest BCUT2D eigenvalue weighted by Gasteiger charge is 2.17. The van der Waals surface area contributed by atoms with Gasteiger partial charge in [-0.25, -0.2) is 14.5 Å². The van der Waals surface area contributed by atoms with E-state index in [0.717, 1.165) is 5.56 Å². The van der Waals surface area contributed by atoms with Crippen molar-refractivity contribution in [1.29, 1.82) is 0 Å². The molecule has 0 saturated carbocycles. The number of phenols is 1. The lowest BCUT2D eigenvalue weighted by Crippen LogP contribution is -2.13. The Morgan fingerprint density at radius 1 is 1.28 bits per heavy atom. The molecule has 3 aromatic rings. The van der Waals surface area contributed by atoms with Crippen molar-refractivity contribution >= 4 is 17.5 Å². The predicted molar refractivity (Wildman–Crippen MR) is 91.2 cm³/mol. The summed E-state index contributed by atoms with van der Waals surface area (Å²) >= 11 is 0. The monoisotopic (exact) mass is 339 g/mol. The molecular formula is C17H17N5O3. The zero-order chi connectivity index (χ0) is 17.8. The number of phenolic OH excluding ortho intramolecular Hbond substituents is 1. The number of hydrogen-bond acceptors (Lipinski definition) is 7. The minimum absolute atomic E-state index is 0.145.